The van der Waals surface area contributed by atoms with E-state index in [-0.39, 0.29) is 11.3 Å². The summed E-state index contributed by atoms with van der Waals surface area (Å²) in [4.78, 5) is 1.75. The van der Waals surface area contributed by atoms with Crippen LogP contribution in [0.15, 0.2) is 18.2 Å². The summed E-state index contributed by atoms with van der Waals surface area (Å²) >= 11 is 0. The van der Waals surface area contributed by atoms with Crippen LogP contribution in [0.25, 0.3) is 0 Å². The minimum Gasteiger partial charge on any atom is -0.508 e. The van der Waals surface area contributed by atoms with Crippen LogP contribution >= 0.6 is 0 Å². The Morgan fingerprint density at radius 3 is 2.57 bits per heavy atom. The van der Waals surface area contributed by atoms with Gasteiger partial charge in [-0.25, -0.2) is 0 Å². The lowest BCUT2D eigenvalue weighted by atomic mass is 9.99. The molecule has 0 spiro atoms. The first-order valence-corrected chi connectivity index (χ1v) is 6.79. The summed E-state index contributed by atoms with van der Waals surface area (Å²) < 4.78 is 43.8. The number of alkyl halides is 3. The number of phenolic OH excluding ortho intramolecular Hbond substituents is 1. The summed E-state index contributed by atoms with van der Waals surface area (Å²) in [5.74, 6) is 0.300. The van der Waals surface area contributed by atoms with Gasteiger partial charge in [0, 0.05) is 37.8 Å². The molecule has 0 amide bonds. The van der Waals surface area contributed by atoms with E-state index in [2.05, 4.69) is 5.32 Å². The normalized spacial score (nSPS) is 18.5. The van der Waals surface area contributed by atoms with Crippen LogP contribution in [0.2, 0.25) is 0 Å². The number of halogens is 3. The Morgan fingerprint density at radius 2 is 2.00 bits per heavy atom. The number of hydrogen-bond acceptors (Lipinski definition) is 4. The van der Waals surface area contributed by atoms with Gasteiger partial charge in [0.1, 0.15) is 11.5 Å². The lowest BCUT2D eigenvalue weighted by molar-refractivity contribution is -0.148. The topological polar surface area (TPSA) is 44.7 Å². The van der Waals surface area contributed by atoms with Crippen molar-refractivity contribution in [2.45, 2.75) is 18.6 Å². The monoisotopic (exact) mass is 304 g/mol. The maximum absolute atomic E-state index is 12.9. The van der Waals surface area contributed by atoms with Gasteiger partial charge < -0.3 is 15.2 Å². The second kappa shape index (κ2) is 6.53. The molecule has 0 aromatic heterocycles. The Hall–Kier alpha value is -1.47. The molecule has 2 N–H and O–H groups in total. The van der Waals surface area contributed by atoms with Gasteiger partial charge in [-0.15, -0.1) is 0 Å². The minimum absolute atomic E-state index is 0.136. The molecule has 4 nitrogen and oxygen atoms in total. The number of nitrogens with zero attached hydrogens (tertiary/aromatic N) is 1. The lowest BCUT2D eigenvalue weighted by Crippen LogP contribution is -2.46. The molecule has 2 rings (SSSR count). The summed E-state index contributed by atoms with van der Waals surface area (Å²) in [6, 6.07) is 3.48. The number of methoxy groups -OCH3 is 1. The van der Waals surface area contributed by atoms with Crippen molar-refractivity contribution in [2.75, 3.05) is 33.3 Å². The van der Waals surface area contributed by atoms with Crippen LogP contribution in [-0.4, -0.2) is 49.5 Å². The summed E-state index contributed by atoms with van der Waals surface area (Å²) in [5, 5.41) is 13.1. The SMILES string of the molecule is COc1ccc(O)c([C@@H](CC(F)(F)F)N2CCNCC2)c1. The van der Waals surface area contributed by atoms with Crippen LogP contribution in [0.4, 0.5) is 13.2 Å². The van der Waals surface area contributed by atoms with Crippen LogP contribution in [0, 0.1) is 0 Å². The van der Waals surface area contributed by atoms with E-state index in [1.54, 1.807) is 4.90 Å². The molecular formula is C14H19F3N2O2. The molecule has 1 aliphatic heterocycles. The first-order valence-electron chi connectivity index (χ1n) is 6.79. The van der Waals surface area contributed by atoms with E-state index >= 15 is 0 Å². The van der Waals surface area contributed by atoms with Gasteiger partial charge in [0.25, 0.3) is 0 Å². The fourth-order valence-electron chi connectivity index (χ4n) is 2.58. The highest BCUT2D eigenvalue weighted by Gasteiger charge is 2.37. The highest BCUT2D eigenvalue weighted by molar-refractivity contribution is 5.41. The fourth-order valence-corrected chi connectivity index (χ4v) is 2.58. The van der Waals surface area contributed by atoms with Crippen molar-refractivity contribution in [1.29, 1.82) is 0 Å². The number of nitrogens with one attached hydrogen (secondary N) is 1. The van der Waals surface area contributed by atoms with Gasteiger partial charge in [0.2, 0.25) is 0 Å². The third kappa shape index (κ3) is 4.25. The molecule has 1 heterocycles. The van der Waals surface area contributed by atoms with Crippen LogP contribution in [0.1, 0.15) is 18.0 Å². The van der Waals surface area contributed by atoms with Gasteiger partial charge in [0.05, 0.1) is 13.5 Å². The zero-order valence-corrected chi connectivity index (χ0v) is 11.8. The van der Waals surface area contributed by atoms with Crippen molar-refractivity contribution in [3.8, 4) is 11.5 Å². The third-order valence-corrected chi connectivity index (χ3v) is 3.61. The zero-order valence-electron chi connectivity index (χ0n) is 11.8. The first kappa shape index (κ1) is 15.9. The van der Waals surface area contributed by atoms with Crippen LogP contribution in [0.3, 0.4) is 0 Å². The van der Waals surface area contributed by atoms with Crippen molar-refractivity contribution in [2.24, 2.45) is 0 Å². The van der Waals surface area contributed by atoms with Gasteiger partial charge >= 0.3 is 6.18 Å². The number of phenols is 1. The number of rotatable bonds is 4. The number of ether oxygens (including phenoxy) is 1. The summed E-state index contributed by atoms with van der Waals surface area (Å²) in [6.45, 7) is 2.30. The lowest BCUT2D eigenvalue weighted by Gasteiger charge is -2.36. The van der Waals surface area contributed by atoms with Crippen molar-refractivity contribution in [1.82, 2.24) is 10.2 Å². The highest BCUT2D eigenvalue weighted by Crippen LogP contribution is 2.39. The minimum atomic E-state index is -4.30. The molecule has 1 aromatic carbocycles. The smallest absolute Gasteiger partial charge is 0.390 e. The van der Waals surface area contributed by atoms with E-state index in [0.717, 1.165) is 0 Å². The molecule has 21 heavy (non-hydrogen) atoms. The Labute approximate surface area is 121 Å². The van der Waals surface area contributed by atoms with Crippen LogP contribution in [-0.2, 0) is 0 Å². The van der Waals surface area contributed by atoms with Crippen molar-refractivity contribution in [3.05, 3.63) is 23.8 Å². The van der Waals surface area contributed by atoms with E-state index < -0.39 is 18.6 Å². The number of hydrogen-bond donors (Lipinski definition) is 2. The summed E-state index contributed by atoms with van der Waals surface area (Å²) in [5.41, 5.74) is 0.258. The van der Waals surface area contributed by atoms with Gasteiger partial charge in [-0.3, -0.25) is 4.90 Å². The standard InChI is InChI=1S/C14H19F3N2O2/c1-21-10-2-3-13(20)11(8-10)12(9-14(15,16)17)19-6-4-18-5-7-19/h2-3,8,12,18,20H,4-7,9H2,1H3/t12-/m1/s1. The maximum atomic E-state index is 12.9. The average molecular weight is 304 g/mol. The molecule has 7 heteroatoms. The number of aromatic hydroxyl groups is 1. The number of benzene rings is 1. The molecule has 1 atom stereocenters. The molecule has 0 unspecified atom stereocenters. The van der Waals surface area contributed by atoms with Gasteiger partial charge in [0.15, 0.2) is 0 Å². The summed E-state index contributed by atoms with van der Waals surface area (Å²) in [7, 11) is 1.44. The van der Waals surface area contributed by atoms with E-state index in [0.29, 0.717) is 31.9 Å². The van der Waals surface area contributed by atoms with E-state index in [1.165, 1.54) is 25.3 Å². The number of piperazine rings is 1. The maximum Gasteiger partial charge on any atom is 0.390 e. The van der Waals surface area contributed by atoms with Crippen molar-refractivity contribution >= 4 is 0 Å². The molecule has 0 bridgehead atoms. The second-order valence-electron chi connectivity index (χ2n) is 5.05. The molecule has 0 radical (unpaired) electrons. The predicted octanol–water partition coefficient (Wildman–Crippen LogP) is 2.30. The van der Waals surface area contributed by atoms with Gasteiger partial charge in [-0.05, 0) is 18.2 Å². The zero-order chi connectivity index (χ0) is 15.5. The average Bonchev–Trinajstić information content (AvgIpc) is 2.45. The molecule has 0 aliphatic carbocycles. The van der Waals surface area contributed by atoms with E-state index in [1.807, 2.05) is 0 Å². The Balaban J connectivity index is 2.33. The fraction of sp³-hybridized carbons (Fsp3) is 0.571. The van der Waals surface area contributed by atoms with Crippen LogP contribution in [0.5, 0.6) is 11.5 Å². The molecular weight excluding hydrogens is 285 g/mol. The van der Waals surface area contributed by atoms with Gasteiger partial charge in [-0.2, -0.15) is 13.2 Å². The van der Waals surface area contributed by atoms with Crippen LogP contribution < -0.4 is 10.1 Å². The van der Waals surface area contributed by atoms with E-state index in [9.17, 15) is 18.3 Å². The Kier molecular flexibility index (Phi) is 4.95. The summed E-state index contributed by atoms with van der Waals surface area (Å²) in [6.07, 6.45) is -5.29. The Morgan fingerprint density at radius 1 is 1.33 bits per heavy atom. The predicted molar refractivity (Wildman–Crippen MR) is 72.5 cm³/mol. The molecule has 0 saturated carbocycles. The van der Waals surface area contributed by atoms with Crippen molar-refractivity contribution in [3.63, 3.8) is 0 Å². The second-order valence-corrected chi connectivity index (χ2v) is 5.05. The first-order chi connectivity index (χ1) is 9.90. The largest absolute Gasteiger partial charge is 0.508 e. The van der Waals surface area contributed by atoms with E-state index in [4.69, 9.17) is 4.74 Å². The quantitative estimate of drug-likeness (QED) is 0.896. The Bertz CT molecular complexity index is 474. The van der Waals surface area contributed by atoms with Crippen molar-refractivity contribution < 1.29 is 23.0 Å². The third-order valence-electron chi connectivity index (χ3n) is 3.61. The molecule has 1 aliphatic rings. The molecule has 118 valence electrons. The molecule has 1 fully saturated rings. The van der Waals surface area contributed by atoms with Gasteiger partial charge in [-0.1, -0.05) is 0 Å². The molecule has 1 saturated heterocycles. The molecule has 1 aromatic rings. The highest BCUT2D eigenvalue weighted by atomic mass is 19.4.